The summed E-state index contributed by atoms with van der Waals surface area (Å²) in [7, 11) is 1.85. The predicted molar refractivity (Wildman–Crippen MR) is 98.7 cm³/mol. The van der Waals surface area contributed by atoms with Crippen molar-refractivity contribution in [3.63, 3.8) is 0 Å². The lowest BCUT2D eigenvalue weighted by Gasteiger charge is -2.17. The predicted octanol–water partition coefficient (Wildman–Crippen LogP) is 0.258. The van der Waals surface area contributed by atoms with E-state index in [0.29, 0.717) is 13.1 Å². The molecule has 2 heterocycles. The van der Waals surface area contributed by atoms with Gasteiger partial charge in [0.05, 0.1) is 30.2 Å². The molecule has 1 atom stereocenters. The van der Waals surface area contributed by atoms with E-state index in [2.05, 4.69) is 15.7 Å². The molecule has 0 aliphatic carbocycles. The Labute approximate surface area is 152 Å². The van der Waals surface area contributed by atoms with Crippen LogP contribution in [0.1, 0.15) is 23.2 Å². The Morgan fingerprint density at radius 3 is 2.56 bits per heavy atom. The van der Waals surface area contributed by atoms with E-state index < -0.39 is 0 Å². The number of likely N-dealkylation sites (N-methyl/N-ethyl adjacent to an activating group) is 1. The molecule has 2 rings (SSSR count). The molecule has 0 aromatic carbocycles. The van der Waals surface area contributed by atoms with Crippen molar-refractivity contribution in [3.8, 4) is 0 Å². The molecule has 2 aromatic heterocycles. The molecule has 2 amide bonds. The molecule has 0 bridgehead atoms. The number of carbonyl (C=O) groups is 2. The van der Waals surface area contributed by atoms with Gasteiger partial charge < -0.3 is 15.5 Å². The third kappa shape index (κ3) is 5.40. The van der Waals surface area contributed by atoms with Crippen LogP contribution >= 0.6 is 11.3 Å². The van der Waals surface area contributed by atoms with Crippen molar-refractivity contribution in [2.75, 3.05) is 25.0 Å². The Kier molecular flexibility index (Phi) is 6.72. The Hall–Kier alpha value is -2.19. The fraction of sp³-hybridized carbons (Fsp3) is 0.471. The lowest BCUT2D eigenvalue weighted by molar-refractivity contribution is -0.881. The number of quaternary nitrogens is 1. The van der Waals surface area contributed by atoms with E-state index >= 15 is 0 Å². The maximum Gasteiger partial charge on any atom is 0.279 e. The number of hydrogen-bond donors (Lipinski definition) is 3. The summed E-state index contributed by atoms with van der Waals surface area (Å²) < 4.78 is 1.74. The summed E-state index contributed by atoms with van der Waals surface area (Å²) in [5.74, 6) is -0.158. The van der Waals surface area contributed by atoms with Gasteiger partial charge in [-0.15, -0.1) is 11.3 Å². The van der Waals surface area contributed by atoms with Crippen LogP contribution in [0, 0.1) is 13.8 Å². The van der Waals surface area contributed by atoms with Crippen molar-refractivity contribution in [2.45, 2.75) is 27.3 Å². The molecule has 0 saturated heterocycles. The number of hydrogen-bond acceptors (Lipinski definition) is 4. The molecule has 0 aliphatic rings. The van der Waals surface area contributed by atoms with Crippen molar-refractivity contribution in [3.05, 3.63) is 33.8 Å². The van der Waals surface area contributed by atoms with E-state index in [-0.39, 0.29) is 24.9 Å². The summed E-state index contributed by atoms with van der Waals surface area (Å²) in [5, 5.41) is 12.1. The second-order valence-corrected chi connectivity index (χ2v) is 7.06. The van der Waals surface area contributed by atoms with Crippen molar-refractivity contribution in [2.24, 2.45) is 7.05 Å². The van der Waals surface area contributed by atoms with Gasteiger partial charge in [-0.3, -0.25) is 14.3 Å². The molecule has 0 fully saturated rings. The summed E-state index contributed by atoms with van der Waals surface area (Å²) in [5.41, 5.74) is 2.46. The van der Waals surface area contributed by atoms with Crippen molar-refractivity contribution in [1.29, 1.82) is 0 Å². The number of thiophene rings is 1. The Bertz CT molecular complexity index is 724. The largest absolute Gasteiger partial charge is 0.346 e. The second kappa shape index (κ2) is 8.77. The van der Waals surface area contributed by atoms with Crippen LogP contribution in [0.25, 0.3) is 0 Å². The molecule has 3 N–H and O–H groups in total. The lowest BCUT2D eigenvalue weighted by atomic mass is 10.3. The fourth-order valence-electron chi connectivity index (χ4n) is 2.57. The highest BCUT2D eigenvalue weighted by Crippen LogP contribution is 2.17. The number of nitrogens with zero attached hydrogens (tertiary/aromatic N) is 2. The standard InChI is InChI=1S/C17H25N5O2S/c1-5-22(10-15(23)18-9-14-7-6-8-25-14)11-16(24)19-17-12(2)20-21(4)13(17)3/h6-8H,5,9-11H2,1-4H3,(H,18,23)(H,19,24)/p+1. The molecular weight excluding hydrogens is 338 g/mol. The third-order valence-corrected chi connectivity index (χ3v) is 5.01. The van der Waals surface area contributed by atoms with Crippen molar-refractivity contribution >= 4 is 28.8 Å². The molecule has 0 spiro atoms. The van der Waals surface area contributed by atoms with E-state index in [1.165, 1.54) is 0 Å². The number of nitrogens with one attached hydrogen (secondary N) is 3. The van der Waals surface area contributed by atoms with Crippen LogP contribution in [0.15, 0.2) is 17.5 Å². The van der Waals surface area contributed by atoms with Crippen molar-refractivity contribution < 1.29 is 14.5 Å². The summed E-state index contributed by atoms with van der Waals surface area (Å²) in [4.78, 5) is 26.4. The smallest absolute Gasteiger partial charge is 0.279 e. The minimum Gasteiger partial charge on any atom is -0.346 e. The fourth-order valence-corrected chi connectivity index (χ4v) is 3.21. The summed E-state index contributed by atoms with van der Waals surface area (Å²) in [6.07, 6.45) is 0. The van der Waals surface area contributed by atoms with Gasteiger partial charge in [0.2, 0.25) is 0 Å². The van der Waals surface area contributed by atoms with E-state index in [9.17, 15) is 9.59 Å². The number of rotatable bonds is 8. The van der Waals surface area contributed by atoms with Crippen LogP contribution < -0.4 is 15.5 Å². The van der Waals surface area contributed by atoms with Gasteiger partial charge in [-0.25, -0.2) is 0 Å². The molecular formula is C17H26N5O2S+. The highest BCUT2D eigenvalue weighted by atomic mass is 32.1. The van der Waals surface area contributed by atoms with Crippen LogP contribution in [-0.2, 0) is 23.2 Å². The average Bonchev–Trinajstić information content (AvgIpc) is 3.17. The molecule has 0 aliphatic heterocycles. The van der Waals surface area contributed by atoms with Crippen LogP contribution in [0.5, 0.6) is 0 Å². The van der Waals surface area contributed by atoms with Gasteiger partial charge in [0.1, 0.15) is 0 Å². The highest BCUT2D eigenvalue weighted by Gasteiger charge is 2.19. The average molecular weight is 364 g/mol. The molecule has 136 valence electrons. The number of aryl methyl sites for hydroxylation is 2. The van der Waals surface area contributed by atoms with Crippen LogP contribution in [0.4, 0.5) is 5.69 Å². The number of anilines is 1. The zero-order valence-electron chi connectivity index (χ0n) is 15.2. The van der Waals surface area contributed by atoms with Crippen LogP contribution in [0.3, 0.4) is 0 Å². The molecule has 0 saturated carbocycles. The molecule has 2 aromatic rings. The van der Waals surface area contributed by atoms with Gasteiger partial charge in [-0.1, -0.05) is 6.07 Å². The molecule has 0 radical (unpaired) electrons. The highest BCUT2D eigenvalue weighted by molar-refractivity contribution is 7.09. The maximum atomic E-state index is 12.3. The monoisotopic (exact) mass is 364 g/mol. The zero-order valence-corrected chi connectivity index (χ0v) is 16.0. The molecule has 25 heavy (non-hydrogen) atoms. The zero-order chi connectivity index (χ0) is 18.4. The third-order valence-electron chi connectivity index (χ3n) is 4.13. The molecule has 8 heteroatoms. The topological polar surface area (TPSA) is 80.5 Å². The van der Waals surface area contributed by atoms with Crippen molar-refractivity contribution in [1.82, 2.24) is 15.1 Å². The normalized spacial score (nSPS) is 12.0. The first-order valence-electron chi connectivity index (χ1n) is 8.33. The lowest BCUT2D eigenvalue weighted by Crippen LogP contribution is -3.14. The van der Waals surface area contributed by atoms with Gasteiger partial charge in [-0.05, 0) is 32.2 Å². The van der Waals surface area contributed by atoms with Gasteiger partial charge >= 0.3 is 0 Å². The van der Waals surface area contributed by atoms with E-state index in [0.717, 1.165) is 26.9 Å². The van der Waals surface area contributed by atoms with Gasteiger partial charge in [0, 0.05) is 11.9 Å². The van der Waals surface area contributed by atoms with E-state index in [1.54, 1.807) is 16.0 Å². The van der Waals surface area contributed by atoms with Crippen LogP contribution in [-0.4, -0.2) is 41.2 Å². The van der Waals surface area contributed by atoms with Gasteiger partial charge in [0.25, 0.3) is 11.8 Å². The van der Waals surface area contributed by atoms with E-state index in [1.807, 2.05) is 45.3 Å². The van der Waals surface area contributed by atoms with Crippen LogP contribution in [0.2, 0.25) is 0 Å². The quantitative estimate of drug-likeness (QED) is 0.629. The number of aromatic nitrogens is 2. The Balaban J connectivity index is 1.83. The Morgan fingerprint density at radius 2 is 2.00 bits per heavy atom. The summed E-state index contributed by atoms with van der Waals surface area (Å²) >= 11 is 1.61. The minimum absolute atomic E-state index is 0.0493. The first kappa shape index (κ1) is 19.1. The second-order valence-electron chi connectivity index (χ2n) is 6.03. The number of amides is 2. The van der Waals surface area contributed by atoms with E-state index in [4.69, 9.17) is 0 Å². The summed E-state index contributed by atoms with van der Waals surface area (Å²) in [6.45, 7) is 7.51. The first-order chi connectivity index (χ1) is 11.9. The SMILES string of the molecule is CC[NH+](CC(=O)NCc1cccs1)CC(=O)Nc1c(C)nn(C)c1C. The molecule has 7 nitrogen and oxygen atoms in total. The minimum atomic E-state index is -0.109. The number of carbonyl (C=O) groups excluding carboxylic acids is 2. The Morgan fingerprint density at radius 1 is 1.28 bits per heavy atom. The first-order valence-corrected chi connectivity index (χ1v) is 9.21. The maximum absolute atomic E-state index is 12.3. The summed E-state index contributed by atoms with van der Waals surface area (Å²) in [6, 6.07) is 3.95. The molecule has 1 unspecified atom stereocenters. The van der Waals surface area contributed by atoms with Gasteiger partial charge in [0.15, 0.2) is 13.1 Å². The van der Waals surface area contributed by atoms with Gasteiger partial charge in [-0.2, -0.15) is 5.10 Å².